The van der Waals surface area contributed by atoms with Crippen molar-refractivity contribution in [3.05, 3.63) is 0 Å². The van der Waals surface area contributed by atoms with Gasteiger partial charge in [0.1, 0.15) is 0 Å². The fourth-order valence-corrected chi connectivity index (χ4v) is 2.83. The van der Waals surface area contributed by atoms with Crippen molar-refractivity contribution in [2.24, 2.45) is 11.3 Å². The normalized spacial score (nSPS) is 33.2. The average Bonchev–Trinajstić information content (AvgIpc) is 2.39. The summed E-state index contributed by atoms with van der Waals surface area (Å²) in [6.45, 7) is 13.0. The first kappa shape index (κ1) is 16.0. The van der Waals surface area contributed by atoms with E-state index in [-0.39, 0.29) is 0 Å². The van der Waals surface area contributed by atoms with Crippen LogP contribution in [0.5, 0.6) is 0 Å². The molecule has 1 aliphatic heterocycles. The van der Waals surface area contributed by atoms with Crippen molar-refractivity contribution in [3.8, 4) is 0 Å². The van der Waals surface area contributed by atoms with E-state index in [1.165, 1.54) is 51.6 Å². The number of nitrogens with one attached hydrogen (secondary N) is 1. The van der Waals surface area contributed by atoms with Crippen molar-refractivity contribution in [3.63, 3.8) is 0 Å². The molecule has 1 spiro atoms. The van der Waals surface area contributed by atoms with Crippen LogP contribution in [0.25, 0.3) is 0 Å². The van der Waals surface area contributed by atoms with E-state index in [9.17, 15) is 0 Å². The number of piperidine rings is 1. The highest BCUT2D eigenvalue weighted by Crippen LogP contribution is 2.42. The van der Waals surface area contributed by atoms with Gasteiger partial charge in [-0.05, 0) is 43.6 Å². The van der Waals surface area contributed by atoms with Gasteiger partial charge in [-0.2, -0.15) is 0 Å². The average molecular weight is 227 g/mol. The maximum Gasteiger partial charge on any atom is 0.000782 e. The van der Waals surface area contributed by atoms with Gasteiger partial charge in [0.15, 0.2) is 0 Å². The molecule has 2 rings (SSSR count). The van der Waals surface area contributed by atoms with Crippen LogP contribution < -0.4 is 5.32 Å². The Morgan fingerprint density at radius 2 is 1.50 bits per heavy atom. The molecule has 0 bridgehead atoms. The zero-order valence-electron chi connectivity index (χ0n) is 12.2. The zero-order chi connectivity index (χ0) is 12.4. The predicted octanol–water partition coefficient (Wildman–Crippen LogP) is 4.62. The number of hydrogen-bond acceptors (Lipinski definition) is 1. The number of hydrogen-bond donors (Lipinski definition) is 1. The molecule has 1 nitrogen and oxygen atoms in total. The smallest absolute Gasteiger partial charge is 0.000782 e. The van der Waals surface area contributed by atoms with Crippen molar-refractivity contribution in [2.45, 2.75) is 73.1 Å². The highest BCUT2D eigenvalue weighted by Gasteiger charge is 2.34. The molecule has 2 aliphatic rings. The van der Waals surface area contributed by atoms with E-state index < -0.39 is 0 Å². The Morgan fingerprint density at radius 1 is 0.938 bits per heavy atom. The Bertz CT molecular complexity index is 138. The summed E-state index contributed by atoms with van der Waals surface area (Å²) in [5.41, 5.74) is 0.727. The molecule has 0 aromatic rings. The second-order valence-corrected chi connectivity index (χ2v) is 4.96. The molecule has 1 aliphatic carbocycles. The maximum absolute atomic E-state index is 3.56. The molecule has 0 unspecified atom stereocenters. The Balaban J connectivity index is 0.000000509. The molecule has 98 valence electrons. The molecule has 1 saturated heterocycles. The Labute approximate surface area is 103 Å². The van der Waals surface area contributed by atoms with Crippen LogP contribution >= 0.6 is 0 Å². The van der Waals surface area contributed by atoms with Crippen molar-refractivity contribution in [1.82, 2.24) is 5.32 Å². The Kier molecular flexibility index (Phi) is 9.02. The van der Waals surface area contributed by atoms with Gasteiger partial charge in [0.2, 0.25) is 0 Å². The van der Waals surface area contributed by atoms with Gasteiger partial charge >= 0.3 is 0 Å². The van der Waals surface area contributed by atoms with Gasteiger partial charge in [-0.1, -0.05) is 47.5 Å². The van der Waals surface area contributed by atoms with Crippen LogP contribution in [0.4, 0.5) is 0 Å². The van der Waals surface area contributed by atoms with E-state index in [4.69, 9.17) is 0 Å². The number of rotatable bonds is 0. The van der Waals surface area contributed by atoms with E-state index in [1.54, 1.807) is 0 Å². The van der Waals surface area contributed by atoms with Crippen molar-refractivity contribution < 1.29 is 0 Å². The molecule has 1 saturated carbocycles. The van der Waals surface area contributed by atoms with Crippen molar-refractivity contribution in [2.75, 3.05) is 13.1 Å². The fraction of sp³-hybridized carbons (Fsp3) is 1.00. The molecular weight excluding hydrogens is 194 g/mol. The van der Waals surface area contributed by atoms with Crippen LogP contribution in [0, 0.1) is 11.3 Å². The first-order valence-corrected chi connectivity index (χ1v) is 7.52. The first-order chi connectivity index (χ1) is 7.81. The monoisotopic (exact) mass is 227 g/mol. The third-order valence-corrected chi connectivity index (χ3v) is 3.90. The molecule has 2 fully saturated rings. The molecule has 1 heteroatoms. The summed E-state index contributed by atoms with van der Waals surface area (Å²) in [5.74, 6) is 0.998. The molecule has 1 N–H and O–H groups in total. The summed E-state index contributed by atoms with van der Waals surface area (Å²) >= 11 is 0. The molecular formula is C15H33N. The van der Waals surface area contributed by atoms with Crippen molar-refractivity contribution in [1.29, 1.82) is 0 Å². The van der Waals surface area contributed by atoms with Crippen LogP contribution in [0.15, 0.2) is 0 Å². The molecule has 0 aromatic heterocycles. The van der Waals surface area contributed by atoms with Gasteiger partial charge in [0.05, 0.1) is 0 Å². The summed E-state index contributed by atoms with van der Waals surface area (Å²) in [5, 5.41) is 3.56. The van der Waals surface area contributed by atoms with Gasteiger partial charge < -0.3 is 5.32 Å². The van der Waals surface area contributed by atoms with Crippen LogP contribution in [0.1, 0.15) is 73.1 Å². The van der Waals surface area contributed by atoms with Gasteiger partial charge in [0, 0.05) is 6.54 Å². The van der Waals surface area contributed by atoms with E-state index in [1.807, 2.05) is 27.7 Å². The van der Waals surface area contributed by atoms with Crippen LogP contribution in [0.3, 0.4) is 0 Å². The quantitative estimate of drug-likeness (QED) is 0.637. The van der Waals surface area contributed by atoms with Gasteiger partial charge in [0.25, 0.3) is 0 Å². The Hall–Kier alpha value is -0.0400. The summed E-state index contributed by atoms with van der Waals surface area (Å²) in [7, 11) is 0. The van der Waals surface area contributed by atoms with Crippen LogP contribution in [-0.4, -0.2) is 13.1 Å². The minimum absolute atomic E-state index is 0.727. The lowest BCUT2D eigenvalue weighted by molar-refractivity contribution is 0.116. The predicted molar refractivity (Wildman–Crippen MR) is 74.9 cm³/mol. The second-order valence-electron chi connectivity index (χ2n) is 4.96. The minimum atomic E-state index is 0.727. The van der Waals surface area contributed by atoms with Crippen molar-refractivity contribution >= 4 is 0 Å². The summed E-state index contributed by atoms with van der Waals surface area (Å²) in [4.78, 5) is 0. The molecule has 0 radical (unpaired) electrons. The highest BCUT2D eigenvalue weighted by molar-refractivity contribution is 4.89. The van der Waals surface area contributed by atoms with Gasteiger partial charge in [-0.3, -0.25) is 0 Å². The minimum Gasteiger partial charge on any atom is -0.316 e. The Morgan fingerprint density at radius 3 is 1.94 bits per heavy atom. The third kappa shape index (κ3) is 4.86. The molecule has 16 heavy (non-hydrogen) atoms. The molecule has 0 aromatic carbocycles. The van der Waals surface area contributed by atoms with Gasteiger partial charge in [-0.15, -0.1) is 0 Å². The fourth-order valence-electron chi connectivity index (χ4n) is 2.83. The summed E-state index contributed by atoms with van der Waals surface area (Å²) in [6.07, 6.45) is 8.83. The highest BCUT2D eigenvalue weighted by atomic mass is 14.9. The third-order valence-electron chi connectivity index (χ3n) is 3.90. The summed E-state index contributed by atoms with van der Waals surface area (Å²) < 4.78 is 0. The van der Waals surface area contributed by atoms with E-state index in [0.717, 1.165) is 11.3 Å². The zero-order valence-corrected chi connectivity index (χ0v) is 12.2. The lowest BCUT2D eigenvalue weighted by Crippen LogP contribution is -2.42. The van der Waals surface area contributed by atoms with Crippen LogP contribution in [0.2, 0.25) is 0 Å². The SMILES string of the molecule is CC.CC.CC1CCC2(CCCNC2)CC1. The maximum atomic E-state index is 3.56. The molecule has 0 atom stereocenters. The largest absolute Gasteiger partial charge is 0.316 e. The molecule has 1 heterocycles. The second kappa shape index (κ2) is 9.04. The standard InChI is InChI=1S/C11H21N.2C2H6/c1-10-3-6-11(7-4-10)5-2-8-12-9-11;2*1-2/h10,12H,2-9H2,1H3;2*1-2H3. The lowest BCUT2D eigenvalue weighted by Gasteiger charge is -2.42. The summed E-state index contributed by atoms with van der Waals surface area (Å²) in [6, 6.07) is 0. The van der Waals surface area contributed by atoms with E-state index in [0.29, 0.717) is 0 Å². The van der Waals surface area contributed by atoms with Gasteiger partial charge in [-0.25, -0.2) is 0 Å². The molecule has 0 amide bonds. The lowest BCUT2D eigenvalue weighted by atomic mass is 9.67. The topological polar surface area (TPSA) is 12.0 Å². The van der Waals surface area contributed by atoms with Crippen LogP contribution in [-0.2, 0) is 0 Å². The van der Waals surface area contributed by atoms with E-state index >= 15 is 0 Å². The van der Waals surface area contributed by atoms with E-state index in [2.05, 4.69) is 12.2 Å². The first-order valence-electron chi connectivity index (χ1n) is 7.52.